The van der Waals surface area contributed by atoms with Crippen LogP contribution in [0.25, 0.3) is 0 Å². The zero-order valence-electron chi connectivity index (χ0n) is 19.8. The second-order valence-electron chi connectivity index (χ2n) is 7.11. The normalized spacial score (nSPS) is 13.2. The van der Waals surface area contributed by atoms with Gasteiger partial charge in [0.05, 0.1) is 13.2 Å². The third kappa shape index (κ3) is 9.85. The number of hydrogen-bond acceptors (Lipinski definition) is 8. The molecular formula is C19H44O8Si2. The molecule has 0 saturated heterocycles. The van der Waals surface area contributed by atoms with Crippen molar-refractivity contribution in [1.82, 2.24) is 0 Å². The van der Waals surface area contributed by atoms with E-state index in [9.17, 15) is 0 Å². The molecule has 0 amide bonds. The highest BCUT2D eigenvalue weighted by molar-refractivity contribution is 6.60. The summed E-state index contributed by atoms with van der Waals surface area (Å²) in [5.74, 6) is 0. The highest BCUT2D eigenvalue weighted by Gasteiger charge is 2.38. The Bertz CT molecular complexity index is 340. The van der Waals surface area contributed by atoms with Crippen LogP contribution in [0, 0.1) is 5.41 Å². The summed E-state index contributed by atoms with van der Waals surface area (Å²) >= 11 is 0. The average molecular weight is 457 g/mol. The molecule has 0 aliphatic carbocycles. The van der Waals surface area contributed by atoms with Gasteiger partial charge in [0.25, 0.3) is 0 Å². The standard InChI is InChI=1S/C19H44O8Si2/c1-9-19(10-2,17-26-13-11-15-28(20-3,21-4)22-5)18-27-14-12-16-29(23-6,24-7)25-8/h9-18H2,1-8H3. The number of ether oxygens (including phenoxy) is 2. The first-order chi connectivity index (χ1) is 13.9. The van der Waals surface area contributed by atoms with Crippen molar-refractivity contribution >= 4 is 17.6 Å². The fraction of sp³-hybridized carbons (Fsp3) is 1.00. The van der Waals surface area contributed by atoms with E-state index in [0.717, 1.165) is 37.8 Å². The van der Waals surface area contributed by atoms with Gasteiger partial charge >= 0.3 is 17.6 Å². The molecule has 0 aromatic heterocycles. The Hall–Kier alpha value is 0.114. The Balaban J connectivity index is 4.30. The maximum absolute atomic E-state index is 6.00. The van der Waals surface area contributed by atoms with Crippen molar-refractivity contribution < 1.29 is 36.0 Å². The Labute approximate surface area is 180 Å². The first kappa shape index (κ1) is 29.1. The summed E-state index contributed by atoms with van der Waals surface area (Å²) in [4.78, 5) is 0. The van der Waals surface area contributed by atoms with Crippen molar-refractivity contribution in [3.63, 3.8) is 0 Å². The van der Waals surface area contributed by atoms with Crippen LogP contribution >= 0.6 is 0 Å². The lowest BCUT2D eigenvalue weighted by Gasteiger charge is -2.31. The molecule has 0 bridgehead atoms. The molecule has 0 saturated carbocycles. The van der Waals surface area contributed by atoms with Crippen LogP contribution in [-0.2, 0) is 36.0 Å². The van der Waals surface area contributed by atoms with E-state index in [4.69, 9.17) is 36.0 Å². The fourth-order valence-corrected chi connectivity index (χ4v) is 6.55. The van der Waals surface area contributed by atoms with Crippen molar-refractivity contribution in [2.75, 3.05) is 69.1 Å². The van der Waals surface area contributed by atoms with Crippen LogP contribution in [0.3, 0.4) is 0 Å². The van der Waals surface area contributed by atoms with Gasteiger partial charge in [-0.15, -0.1) is 0 Å². The molecule has 8 nitrogen and oxygen atoms in total. The molecule has 0 aromatic carbocycles. The molecule has 29 heavy (non-hydrogen) atoms. The Morgan fingerprint density at radius 1 is 0.552 bits per heavy atom. The van der Waals surface area contributed by atoms with Gasteiger partial charge < -0.3 is 36.0 Å². The van der Waals surface area contributed by atoms with Crippen molar-refractivity contribution in [2.45, 2.75) is 51.6 Å². The lowest BCUT2D eigenvalue weighted by atomic mass is 9.84. The lowest BCUT2D eigenvalue weighted by molar-refractivity contribution is -0.0282. The van der Waals surface area contributed by atoms with E-state index in [1.807, 2.05) is 0 Å². The predicted octanol–water partition coefficient (Wildman–Crippen LogP) is 3.36. The second-order valence-corrected chi connectivity index (χ2v) is 13.3. The van der Waals surface area contributed by atoms with Gasteiger partial charge in [0.15, 0.2) is 0 Å². The minimum Gasteiger partial charge on any atom is -0.381 e. The molecule has 0 atom stereocenters. The third-order valence-corrected chi connectivity index (χ3v) is 11.4. The van der Waals surface area contributed by atoms with E-state index in [1.54, 1.807) is 42.7 Å². The van der Waals surface area contributed by atoms with Gasteiger partial charge in [-0.25, -0.2) is 0 Å². The minimum atomic E-state index is -2.52. The van der Waals surface area contributed by atoms with Crippen LogP contribution in [0.4, 0.5) is 0 Å². The summed E-state index contributed by atoms with van der Waals surface area (Å²) < 4.78 is 44.7. The molecule has 0 unspecified atom stereocenters. The van der Waals surface area contributed by atoms with Gasteiger partial charge in [0.2, 0.25) is 0 Å². The van der Waals surface area contributed by atoms with Gasteiger partial charge in [-0.3, -0.25) is 0 Å². The zero-order chi connectivity index (χ0) is 22.2. The van der Waals surface area contributed by atoms with Crippen LogP contribution in [0.2, 0.25) is 12.1 Å². The molecule has 0 aromatic rings. The van der Waals surface area contributed by atoms with Gasteiger partial charge in [-0.2, -0.15) is 0 Å². The lowest BCUT2D eigenvalue weighted by Crippen LogP contribution is -2.43. The van der Waals surface area contributed by atoms with Crippen molar-refractivity contribution in [3.8, 4) is 0 Å². The molecule has 0 fully saturated rings. The summed E-state index contributed by atoms with van der Waals surface area (Å²) in [7, 11) is 4.77. The van der Waals surface area contributed by atoms with E-state index >= 15 is 0 Å². The summed E-state index contributed by atoms with van der Waals surface area (Å²) in [5.41, 5.74) is 0.0244. The number of rotatable bonds is 20. The zero-order valence-corrected chi connectivity index (χ0v) is 21.8. The quantitative estimate of drug-likeness (QED) is 0.204. The van der Waals surface area contributed by atoms with Gasteiger partial charge in [0, 0.05) is 73.4 Å². The van der Waals surface area contributed by atoms with Crippen LogP contribution < -0.4 is 0 Å². The molecule has 0 spiro atoms. The molecule has 176 valence electrons. The smallest absolute Gasteiger partial charge is 0.381 e. The van der Waals surface area contributed by atoms with Crippen molar-refractivity contribution in [2.24, 2.45) is 5.41 Å². The molecule has 0 heterocycles. The van der Waals surface area contributed by atoms with Gasteiger partial charge in [-0.05, 0) is 25.7 Å². The largest absolute Gasteiger partial charge is 0.500 e. The highest BCUT2D eigenvalue weighted by atomic mass is 28.4. The van der Waals surface area contributed by atoms with Crippen LogP contribution in [0.15, 0.2) is 0 Å². The minimum absolute atomic E-state index is 0.0244. The maximum Gasteiger partial charge on any atom is 0.500 e. The topological polar surface area (TPSA) is 73.8 Å². The molecule has 0 aliphatic heterocycles. The molecule has 0 N–H and O–H groups in total. The predicted molar refractivity (Wildman–Crippen MR) is 117 cm³/mol. The number of hydrogen-bond donors (Lipinski definition) is 0. The van der Waals surface area contributed by atoms with E-state index < -0.39 is 17.6 Å². The molecule has 10 heteroatoms. The molecule has 0 radical (unpaired) electrons. The van der Waals surface area contributed by atoms with Crippen LogP contribution in [-0.4, -0.2) is 86.7 Å². The maximum atomic E-state index is 6.00. The summed E-state index contributed by atoms with van der Waals surface area (Å²) in [6.07, 6.45) is 3.68. The molecule has 0 rings (SSSR count). The SMILES string of the molecule is CCC(CC)(COCCC[Si](OC)(OC)OC)COCCC[Si](OC)(OC)OC. The average Bonchev–Trinajstić information content (AvgIpc) is 2.78. The molecule has 0 aliphatic rings. The van der Waals surface area contributed by atoms with Gasteiger partial charge in [0.1, 0.15) is 0 Å². The molecular weight excluding hydrogens is 412 g/mol. The second kappa shape index (κ2) is 15.8. The highest BCUT2D eigenvalue weighted by Crippen LogP contribution is 2.28. The van der Waals surface area contributed by atoms with Crippen LogP contribution in [0.1, 0.15) is 39.5 Å². The van der Waals surface area contributed by atoms with E-state index in [1.165, 1.54) is 0 Å². The Morgan fingerprint density at radius 2 is 0.862 bits per heavy atom. The Kier molecular flexibility index (Phi) is 15.9. The van der Waals surface area contributed by atoms with Crippen molar-refractivity contribution in [1.29, 1.82) is 0 Å². The van der Waals surface area contributed by atoms with Gasteiger partial charge in [-0.1, -0.05) is 13.8 Å². The fourth-order valence-electron chi connectivity index (χ4n) is 3.17. The summed E-state index contributed by atoms with van der Waals surface area (Å²) in [5, 5.41) is 0. The summed E-state index contributed by atoms with van der Waals surface area (Å²) in [6, 6.07) is 1.48. The van der Waals surface area contributed by atoms with Crippen LogP contribution in [0.5, 0.6) is 0 Å². The first-order valence-corrected chi connectivity index (χ1v) is 14.2. The third-order valence-electron chi connectivity index (χ3n) is 5.73. The first-order valence-electron chi connectivity index (χ1n) is 10.4. The monoisotopic (exact) mass is 456 g/mol. The van der Waals surface area contributed by atoms with E-state index in [2.05, 4.69) is 13.8 Å². The summed E-state index contributed by atoms with van der Waals surface area (Å²) in [6.45, 7) is 7.02. The van der Waals surface area contributed by atoms with E-state index in [0.29, 0.717) is 26.4 Å². The van der Waals surface area contributed by atoms with Crippen molar-refractivity contribution in [3.05, 3.63) is 0 Å². The Morgan fingerprint density at radius 3 is 1.10 bits per heavy atom. The van der Waals surface area contributed by atoms with E-state index in [-0.39, 0.29) is 5.41 Å².